The molecule has 3 nitrogen and oxygen atoms in total. The maximum atomic E-state index is 5.19. The molecular formula is C7H9N3. The molecule has 0 unspecified atom stereocenters. The lowest BCUT2D eigenvalue weighted by atomic mass is 10.4. The molecule has 0 spiro atoms. The summed E-state index contributed by atoms with van der Waals surface area (Å²) in [7, 11) is 1.85. The first-order valence-corrected chi connectivity index (χ1v) is 3.01. The van der Waals surface area contributed by atoms with Gasteiger partial charge in [-0.3, -0.25) is 4.68 Å². The molecule has 52 valence electrons. The van der Waals surface area contributed by atoms with Crippen molar-refractivity contribution in [3.8, 4) is 11.8 Å². The van der Waals surface area contributed by atoms with Crippen molar-refractivity contribution in [2.75, 3.05) is 6.54 Å². The summed E-state index contributed by atoms with van der Waals surface area (Å²) in [5, 5.41) is 3.94. The van der Waals surface area contributed by atoms with Crippen LogP contribution in [-0.2, 0) is 7.05 Å². The van der Waals surface area contributed by atoms with Crippen LogP contribution in [0, 0.1) is 11.8 Å². The Morgan fingerprint density at radius 3 is 3.10 bits per heavy atom. The van der Waals surface area contributed by atoms with E-state index in [0.29, 0.717) is 6.54 Å². The van der Waals surface area contributed by atoms with E-state index in [2.05, 4.69) is 16.9 Å². The predicted octanol–water partition coefficient (Wildman–Crippen LogP) is -0.270. The second kappa shape index (κ2) is 3.04. The van der Waals surface area contributed by atoms with Gasteiger partial charge in [-0.2, -0.15) is 5.10 Å². The zero-order valence-electron chi connectivity index (χ0n) is 5.83. The molecule has 0 aliphatic heterocycles. The summed E-state index contributed by atoms with van der Waals surface area (Å²) >= 11 is 0. The van der Waals surface area contributed by atoms with Crippen LogP contribution in [0.4, 0.5) is 0 Å². The van der Waals surface area contributed by atoms with Gasteiger partial charge in [-0.15, -0.1) is 0 Å². The van der Waals surface area contributed by atoms with Crippen molar-refractivity contribution in [3.63, 3.8) is 0 Å². The van der Waals surface area contributed by atoms with Crippen molar-refractivity contribution in [2.45, 2.75) is 0 Å². The molecule has 2 N–H and O–H groups in total. The van der Waals surface area contributed by atoms with Gasteiger partial charge in [0, 0.05) is 7.05 Å². The Morgan fingerprint density at radius 2 is 2.60 bits per heavy atom. The highest BCUT2D eigenvalue weighted by Crippen LogP contribution is 1.90. The molecule has 10 heavy (non-hydrogen) atoms. The summed E-state index contributed by atoms with van der Waals surface area (Å²) in [6, 6.07) is 1.85. The van der Waals surface area contributed by atoms with E-state index >= 15 is 0 Å². The Labute approximate surface area is 59.8 Å². The van der Waals surface area contributed by atoms with Crippen molar-refractivity contribution in [1.82, 2.24) is 9.78 Å². The molecule has 0 atom stereocenters. The number of aryl methyl sites for hydroxylation is 1. The minimum absolute atomic E-state index is 0.394. The molecule has 1 rings (SSSR count). The highest BCUT2D eigenvalue weighted by Gasteiger charge is 1.89. The summed E-state index contributed by atoms with van der Waals surface area (Å²) in [4.78, 5) is 0. The van der Waals surface area contributed by atoms with Crippen LogP contribution in [0.5, 0.6) is 0 Å². The summed E-state index contributed by atoms with van der Waals surface area (Å²) in [5.74, 6) is 5.63. The maximum absolute atomic E-state index is 5.19. The summed E-state index contributed by atoms with van der Waals surface area (Å²) in [6.45, 7) is 0.394. The zero-order valence-corrected chi connectivity index (χ0v) is 5.83. The molecule has 0 bridgehead atoms. The fraction of sp³-hybridized carbons (Fsp3) is 0.286. The SMILES string of the molecule is Cn1nccc1C#CCN. The van der Waals surface area contributed by atoms with E-state index in [-0.39, 0.29) is 0 Å². The van der Waals surface area contributed by atoms with Crippen LogP contribution in [-0.4, -0.2) is 16.3 Å². The van der Waals surface area contributed by atoms with Crippen LogP contribution in [0.1, 0.15) is 5.69 Å². The molecule has 0 saturated heterocycles. The Hall–Kier alpha value is -1.27. The average Bonchev–Trinajstić information content (AvgIpc) is 2.31. The monoisotopic (exact) mass is 135 g/mol. The van der Waals surface area contributed by atoms with Gasteiger partial charge in [0.1, 0.15) is 5.69 Å². The minimum atomic E-state index is 0.394. The molecule has 0 radical (unpaired) electrons. The standard InChI is InChI=1S/C7H9N3/c1-10-7(3-2-5-8)4-6-9-10/h4,6H,5,8H2,1H3. The quantitative estimate of drug-likeness (QED) is 0.498. The summed E-state index contributed by atoms with van der Waals surface area (Å²) < 4.78 is 1.71. The van der Waals surface area contributed by atoms with Crippen LogP contribution in [0.15, 0.2) is 12.3 Å². The number of hydrogen-bond donors (Lipinski definition) is 1. The first-order valence-electron chi connectivity index (χ1n) is 3.01. The predicted molar refractivity (Wildman–Crippen MR) is 39.1 cm³/mol. The van der Waals surface area contributed by atoms with Crippen LogP contribution < -0.4 is 5.73 Å². The van der Waals surface area contributed by atoms with Gasteiger partial charge in [0.2, 0.25) is 0 Å². The van der Waals surface area contributed by atoms with E-state index in [1.807, 2.05) is 13.1 Å². The topological polar surface area (TPSA) is 43.8 Å². The van der Waals surface area contributed by atoms with Gasteiger partial charge < -0.3 is 5.73 Å². The van der Waals surface area contributed by atoms with Gasteiger partial charge in [-0.05, 0) is 12.0 Å². The van der Waals surface area contributed by atoms with Gasteiger partial charge in [0.25, 0.3) is 0 Å². The molecule has 0 aromatic carbocycles. The molecule has 0 saturated carbocycles. The number of rotatable bonds is 0. The third-order valence-corrected chi connectivity index (χ3v) is 1.14. The molecular weight excluding hydrogens is 126 g/mol. The highest BCUT2D eigenvalue weighted by molar-refractivity contribution is 5.26. The molecule has 3 heteroatoms. The van der Waals surface area contributed by atoms with Crippen LogP contribution in [0.25, 0.3) is 0 Å². The lowest BCUT2D eigenvalue weighted by Crippen LogP contribution is -1.96. The Morgan fingerprint density at radius 1 is 1.80 bits per heavy atom. The molecule has 0 fully saturated rings. The van der Waals surface area contributed by atoms with Crippen molar-refractivity contribution < 1.29 is 0 Å². The van der Waals surface area contributed by atoms with E-state index in [1.165, 1.54) is 0 Å². The summed E-state index contributed by atoms with van der Waals surface area (Å²) in [6.07, 6.45) is 1.71. The third-order valence-electron chi connectivity index (χ3n) is 1.14. The molecule has 0 aliphatic carbocycles. The fourth-order valence-electron chi connectivity index (χ4n) is 0.638. The van der Waals surface area contributed by atoms with Crippen LogP contribution in [0.3, 0.4) is 0 Å². The van der Waals surface area contributed by atoms with Gasteiger partial charge >= 0.3 is 0 Å². The Bertz CT molecular complexity index is 264. The largest absolute Gasteiger partial charge is 0.320 e. The number of hydrogen-bond acceptors (Lipinski definition) is 2. The second-order valence-electron chi connectivity index (χ2n) is 1.85. The normalized spacial score (nSPS) is 8.60. The smallest absolute Gasteiger partial charge is 0.110 e. The van der Waals surface area contributed by atoms with Gasteiger partial charge in [0.05, 0.1) is 12.7 Å². The summed E-state index contributed by atoms with van der Waals surface area (Å²) in [5.41, 5.74) is 6.09. The molecule has 0 amide bonds. The van der Waals surface area contributed by atoms with E-state index < -0.39 is 0 Å². The van der Waals surface area contributed by atoms with Gasteiger partial charge in [-0.1, -0.05) is 5.92 Å². The van der Waals surface area contributed by atoms with Crippen molar-refractivity contribution in [2.24, 2.45) is 12.8 Å². The van der Waals surface area contributed by atoms with Crippen LogP contribution >= 0.6 is 0 Å². The van der Waals surface area contributed by atoms with Gasteiger partial charge in [-0.25, -0.2) is 0 Å². The average molecular weight is 135 g/mol. The lowest BCUT2D eigenvalue weighted by molar-refractivity contribution is 0.757. The fourth-order valence-corrected chi connectivity index (χ4v) is 0.638. The first-order chi connectivity index (χ1) is 4.84. The number of nitrogens with two attached hydrogens (primary N) is 1. The number of aromatic nitrogens is 2. The first kappa shape index (κ1) is 6.84. The van der Waals surface area contributed by atoms with Gasteiger partial charge in [0.15, 0.2) is 0 Å². The molecule has 1 aromatic heterocycles. The van der Waals surface area contributed by atoms with Crippen molar-refractivity contribution >= 4 is 0 Å². The Kier molecular flexibility index (Phi) is 2.08. The zero-order chi connectivity index (χ0) is 7.40. The number of nitrogens with zero attached hydrogens (tertiary/aromatic N) is 2. The van der Waals surface area contributed by atoms with Crippen LogP contribution in [0.2, 0.25) is 0 Å². The minimum Gasteiger partial charge on any atom is -0.320 e. The Balaban J connectivity index is 2.84. The molecule has 1 aromatic rings. The second-order valence-corrected chi connectivity index (χ2v) is 1.85. The van der Waals surface area contributed by atoms with Crippen molar-refractivity contribution in [3.05, 3.63) is 18.0 Å². The van der Waals surface area contributed by atoms with E-state index in [4.69, 9.17) is 5.73 Å². The highest BCUT2D eigenvalue weighted by atomic mass is 15.2. The maximum Gasteiger partial charge on any atom is 0.110 e. The van der Waals surface area contributed by atoms with E-state index in [9.17, 15) is 0 Å². The molecule has 0 aliphatic rings. The third kappa shape index (κ3) is 1.36. The van der Waals surface area contributed by atoms with Crippen molar-refractivity contribution in [1.29, 1.82) is 0 Å². The van der Waals surface area contributed by atoms with E-state index in [0.717, 1.165) is 5.69 Å². The van der Waals surface area contributed by atoms with E-state index in [1.54, 1.807) is 10.9 Å². The lowest BCUT2D eigenvalue weighted by Gasteiger charge is -1.88. The molecule has 1 heterocycles.